The molecule has 0 aliphatic heterocycles. The van der Waals surface area contributed by atoms with E-state index in [9.17, 15) is 14.9 Å². The van der Waals surface area contributed by atoms with Gasteiger partial charge in [-0.2, -0.15) is 0 Å². The number of nitrogens with two attached hydrogens (primary N) is 1. The molecule has 0 unspecified atom stereocenters. The number of carbonyl (C=O) groups excluding carboxylic acids is 1. The van der Waals surface area contributed by atoms with E-state index in [2.05, 4.69) is 33.0 Å². The minimum absolute atomic E-state index is 0.00374. The summed E-state index contributed by atoms with van der Waals surface area (Å²) in [5, 5.41) is 14.2. The highest BCUT2D eigenvalue weighted by atomic mass is 16.6. The number of anilines is 1. The van der Waals surface area contributed by atoms with Crippen LogP contribution < -0.4 is 11.1 Å². The van der Waals surface area contributed by atoms with Crippen molar-refractivity contribution in [1.82, 2.24) is 0 Å². The zero-order chi connectivity index (χ0) is 15.5. The topological polar surface area (TPSA) is 98.3 Å². The lowest BCUT2D eigenvalue weighted by molar-refractivity contribution is -0.384. The van der Waals surface area contributed by atoms with Crippen LogP contribution in [0.25, 0.3) is 0 Å². The minimum atomic E-state index is -0.679. The summed E-state index contributed by atoms with van der Waals surface area (Å²) in [5.74, 6) is -0.249. The number of hydrogen-bond acceptors (Lipinski definition) is 4. The molecule has 0 aliphatic carbocycles. The molecular weight excluding hydrogens is 258 g/mol. The van der Waals surface area contributed by atoms with Crippen LogP contribution in [-0.4, -0.2) is 17.4 Å². The number of hydrogen-bond donors (Lipinski definition) is 2. The van der Waals surface area contributed by atoms with Crippen molar-refractivity contribution in [3.63, 3.8) is 0 Å². The summed E-state index contributed by atoms with van der Waals surface area (Å²) in [5.41, 5.74) is 5.52. The first-order chi connectivity index (χ1) is 9.15. The normalized spacial score (nSPS) is 11.4. The predicted molar refractivity (Wildman–Crippen MR) is 78.7 cm³/mol. The maximum atomic E-state index is 11.1. The Labute approximate surface area is 118 Å². The van der Waals surface area contributed by atoms with Crippen LogP contribution in [0.4, 0.5) is 11.4 Å². The summed E-state index contributed by atoms with van der Waals surface area (Å²) >= 11 is 0. The highest BCUT2D eigenvalue weighted by molar-refractivity contribution is 5.94. The smallest absolute Gasteiger partial charge is 0.293 e. The monoisotopic (exact) mass is 279 g/mol. The molecule has 0 spiro atoms. The number of rotatable bonds is 6. The van der Waals surface area contributed by atoms with E-state index in [1.165, 1.54) is 18.2 Å². The molecule has 0 bridgehead atoms. The van der Waals surface area contributed by atoms with E-state index >= 15 is 0 Å². The molecule has 3 N–H and O–H groups in total. The molecule has 20 heavy (non-hydrogen) atoms. The van der Waals surface area contributed by atoms with Crippen LogP contribution in [0.15, 0.2) is 18.2 Å². The van der Waals surface area contributed by atoms with E-state index in [-0.39, 0.29) is 16.7 Å². The van der Waals surface area contributed by atoms with Gasteiger partial charge in [0.1, 0.15) is 5.69 Å². The third kappa shape index (κ3) is 3.69. The van der Waals surface area contributed by atoms with E-state index in [0.717, 1.165) is 0 Å². The Hall–Kier alpha value is -2.11. The Morgan fingerprint density at radius 2 is 2.05 bits per heavy atom. The molecule has 0 aromatic heterocycles. The average molecular weight is 279 g/mol. The van der Waals surface area contributed by atoms with Gasteiger partial charge in [0.25, 0.3) is 5.69 Å². The predicted octanol–water partition coefficient (Wildman–Crippen LogP) is 2.79. The van der Waals surface area contributed by atoms with Gasteiger partial charge in [0.05, 0.1) is 4.92 Å². The maximum Gasteiger partial charge on any atom is 0.293 e. The van der Waals surface area contributed by atoms with Crippen molar-refractivity contribution >= 4 is 17.3 Å². The molecule has 6 heteroatoms. The Morgan fingerprint density at radius 1 is 1.45 bits per heavy atom. The van der Waals surface area contributed by atoms with E-state index in [1.54, 1.807) is 0 Å². The van der Waals surface area contributed by atoms with E-state index in [4.69, 9.17) is 5.73 Å². The van der Waals surface area contributed by atoms with Crippen molar-refractivity contribution < 1.29 is 9.72 Å². The number of benzene rings is 1. The SMILES string of the molecule is CC(C)C(C)(C)CNc1ccc(C(N)=O)cc1[N+](=O)[O-]. The molecule has 1 aromatic carbocycles. The largest absolute Gasteiger partial charge is 0.379 e. The summed E-state index contributed by atoms with van der Waals surface area (Å²) in [6.45, 7) is 8.99. The molecule has 0 radical (unpaired) electrons. The molecule has 0 saturated heterocycles. The number of amides is 1. The summed E-state index contributed by atoms with van der Waals surface area (Å²) in [4.78, 5) is 21.6. The van der Waals surface area contributed by atoms with Crippen molar-refractivity contribution in [2.45, 2.75) is 27.7 Å². The summed E-state index contributed by atoms with van der Waals surface area (Å²) in [6.07, 6.45) is 0. The number of nitrogens with zero attached hydrogens (tertiary/aromatic N) is 1. The minimum Gasteiger partial charge on any atom is -0.379 e. The summed E-state index contributed by atoms with van der Waals surface area (Å²) in [7, 11) is 0. The van der Waals surface area contributed by atoms with Crippen LogP contribution >= 0.6 is 0 Å². The van der Waals surface area contributed by atoms with Gasteiger partial charge in [-0.3, -0.25) is 14.9 Å². The molecule has 0 saturated carbocycles. The number of primary amides is 1. The molecule has 0 heterocycles. The fourth-order valence-electron chi connectivity index (χ4n) is 1.51. The molecule has 6 nitrogen and oxygen atoms in total. The Bertz CT molecular complexity index is 524. The highest BCUT2D eigenvalue weighted by Gasteiger charge is 2.24. The molecule has 1 aromatic rings. The first kappa shape index (κ1) is 15.9. The quantitative estimate of drug-likeness (QED) is 0.618. The lowest BCUT2D eigenvalue weighted by Crippen LogP contribution is -2.28. The number of nitrogens with one attached hydrogen (secondary N) is 1. The molecule has 0 aliphatic rings. The van der Waals surface area contributed by atoms with Crippen molar-refractivity contribution in [2.75, 3.05) is 11.9 Å². The average Bonchev–Trinajstić information content (AvgIpc) is 2.35. The Morgan fingerprint density at radius 3 is 2.50 bits per heavy atom. The van der Waals surface area contributed by atoms with Gasteiger partial charge in [0.2, 0.25) is 5.91 Å². The molecule has 1 rings (SSSR count). The summed E-state index contributed by atoms with van der Waals surface area (Å²) in [6, 6.07) is 4.21. The Balaban J connectivity index is 3.01. The molecular formula is C14H21N3O3. The van der Waals surface area contributed by atoms with E-state index in [0.29, 0.717) is 18.2 Å². The zero-order valence-corrected chi connectivity index (χ0v) is 12.3. The van der Waals surface area contributed by atoms with Gasteiger partial charge in [-0.15, -0.1) is 0 Å². The fraction of sp³-hybridized carbons (Fsp3) is 0.500. The number of carbonyl (C=O) groups is 1. The van der Waals surface area contributed by atoms with Crippen LogP contribution in [0.3, 0.4) is 0 Å². The van der Waals surface area contributed by atoms with Crippen molar-refractivity contribution in [2.24, 2.45) is 17.1 Å². The second kappa shape index (κ2) is 5.90. The van der Waals surface area contributed by atoms with Crippen molar-refractivity contribution in [3.8, 4) is 0 Å². The second-order valence-electron chi connectivity index (χ2n) is 5.85. The third-order valence-corrected chi connectivity index (χ3v) is 3.78. The second-order valence-corrected chi connectivity index (χ2v) is 5.85. The van der Waals surface area contributed by atoms with Gasteiger partial charge in [-0.25, -0.2) is 0 Å². The molecule has 0 atom stereocenters. The third-order valence-electron chi connectivity index (χ3n) is 3.78. The van der Waals surface area contributed by atoms with Crippen molar-refractivity contribution in [1.29, 1.82) is 0 Å². The molecule has 0 fully saturated rings. The van der Waals surface area contributed by atoms with Crippen molar-refractivity contribution in [3.05, 3.63) is 33.9 Å². The summed E-state index contributed by atoms with van der Waals surface area (Å²) < 4.78 is 0. The number of nitro benzene ring substituents is 1. The van der Waals surface area contributed by atoms with Crippen LogP contribution in [-0.2, 0) is 0 Å². The van der Waals surface area contributed by atoms with Gasteiger partial charge >= 0.3 is 0 Å². The first-order valence-electron chi connectivity index (χ1n) is 6.47. The van der Waals surface area contributed by atoms with Gasteiger partial charge in [0, 0.05) is 18.2 Å². The van der Waals surface area contributed by atoms with Crippen LogP contribution in [0, 0.1) is 21.4 Å². The van der Waals surface area contributed by atoms with Gasteiger partial charge in [0.15, 0.2) is 0 Å². The Kier molecular flexibility index (Phi) is 4.70. The lowest BCUT2D eigenvalue weighted by Gasteiger charge is -2.29. The molecule has 1 amide bonds. The zero-order valence-electron chi connectivity index (χ0n) is 12.3. The van der Waals surface area contributed by atoms with Crippen LogP contribution in [0.5, 0.6) is 0 Å². The maximum absolute atomic E-state index is 11.1. The standard InChI is InChI=1S/C14H21N3O3/c1-9(2)14(3,4)8-16-11-6-5-10(13(15)18)7-12(11)17(19)20/h5-7,9,16H,8H2,1-4H3,(H2,15,18). The molecule has 110 valence electrons. The fourth-order valence-corrected chi connectivity index (χ4v) is 1.51. The van der Waals surface area contributed by atoms with Gasteiger partial charge in [-0.05, 0) is 23.5 Å². The highest BCUT2D eigenvalue weighted by Crippen LogP contribution is 2.30. The lowest BCUT2D eigenvalue weighted by atomic mass is 9.81. The number of nitro groups is 1. The van der Waals surface area contributed by atoms with Gasteiger partial charge < -0.3 is 11.1 Å². The first-order valence-corrected chi connectivity index (χ1v) is 6.47. The van der Waals surface area contributed by atoms with E-state index in [1.807, 2.05) is 0 Å². The van der Waals surface area contributed by atoms with Gasteiger partial charge in [-0.1, -0.05) is 27.7 Å². The van der Waals surface area contributed by atoms with Crippen LogP contribution in [0.1, 0.15) is 38.1 Å². The van der Waals surface area contributed by atoms with E-state index < -0.39 is 10.8 Å². The van der Waals surface area contributed by atoms with Crippen LogP contribution in [0.2, 0.25) is 0 Å².